The van der Waals surface area contributed by atoms with Crippen LogP contribution in [0.15, 0.2) is 58.3 Å². The molecule has 0 atom stereocenters. The predicted octanol–water partition coefficient (Wildman–Crippen LogP) is 3.99. The lowest BCUT2D eigenvalue weighted by molar-refractivity contribution is 0.335. The smallest absolute Gasteiger partial charge is 0.261 e. The first kappa shape index (κ1) is 21.1. The van der Waals surface area contributed by atoms with Crippen LogP contribution in [0.3, 0.4) is 0 Å². The van der Waals surface area contributed by atoms with Gasteiger partial charge >= 0.3 is 0 Å². The lowest BCUT2D eigenvalue weighted by atomic mass is 10.3. The van der Waals surface area contributed by atoms with E-state index in [1.165, 1.54) is 24.3 Å². The molecule has 0 aromatic heterocycles. The number of rotatable bonds is 6. The highest BCUT2D eigenvalue weighted by Crippen LogP contribution is 2.24. The van der Waals surface area contributed by atoms with E-state index in [0.717, 1.165) is 0 Å². The Hall–Kier alpha value is -2.23. The van der Waals surface area contributed by atoms with Crippen molar-refractivity contribution in [3.63, 3.8) is 0 Å². The van der Waals surface area contributed by atoms with E-state index in [2.05, 4.69) is 10.6 Å². The summed E-state index contributed by atoms with van der Waals surface area (Å²) in [7, 11) is -3.63. The number of anilines is 2. The predicted molar refractivity (Wildman–Crippen MR) is 114 cm³/mol. The number of sulfone groups is 1. The van der Waals surface area contributed by atoms with Gasteiger partial charge in [0, 0.05) is 11.4 Å². The lowest BCUT2D eigenvalue weighted by Gasteiger charge is -2.10. The first-order valence-electron chi connectivity index (χ1n) is 8.19. The molecule has 2 aromatic rings. The third kappa shape index (κ3) is 5.88. The van der Waals surface area contributed by atoms with Crippen LogP contribution in [0.25, 0.3) is 0 Å². The van der Waals surface area contributed by atoms with Crippen LogP contribution in [-0.4, -0.2) is 32.0 Å². The van der Waals surface area contributed by atoms with E-state index in [9.17, 15) is 8.42 Å². The molecule has 0 spiro atoms. The topological polar surface area (TPSA) is 76.7 Å². The summed E-state index contributed by atoms with van der Waals surface area (Å²) in [6.07, 6.45) is 0. The Labute approximate surface area is 169 Å². The van der Waals surface area contributed by atoms with Gasteiger partial charge in [-0.1, -0.05) is 0 Å². The number of hydrogen-bond acceptors (Lipinski definition) is 6. The van der Waals surface area contributed by atoms with Crippen LogP contribution in [0.5, 0.6) is 0 Å². The molecular formula is C18H20N2O4S3. The molecule has 2 N–H and O–H groups in total. The molecule has 0 heterocycles. The third-order valence-electron chi connectivity index (χ3n) is 3.37. The van der Waals surface area contributed by atoms with Crippen LogP contribution >= 0.6 is 24.4 Å². The van der Waals surface area contributed by atoms with Crippen molar-refractivity contribution in [2.45, 2.75) is 23.6 Å². The van der Waals surface area contributed by atoms with Crippen LogP contribution < -0.4 is 10.6 Å². The van der Waals surface area contributed by atoms with Gasteiger partial charge in [-0.05, 0) is 86.8 Å². The van der Waals surface area contributed by atoms with Crippen molar-refractivity contribution in [2.75, 3.05) is 23.8 Å². The number of hydrogen-bond donors (Lipinski definition) is 2. The molecular weight excluding hydrogens is 404 g/mol. The van der Waals surface area contributed by atoms with Crippen molar-refractivity contribution >= 4 is 56.0 Å². The highest BCUT2D eigenvalue weighted by atomic mass is 32.2. The van der Waals surface area contributed by atoms with Crippen LogP contribution in [-0.2, 0) is 19.3 Å². The maximum Gasteiger partial charge on any atom is 0.261 e. The molecule has 0 saturated carbocycles. The maximum absolute atomic E-state index is 12.8. The molecule has 0 saturated heterocycles. The Morgan fingerprint density at radius 3 is 1.41 bits per heavy atom. The fourth-order valence-corrected chi connectivity index (χ4v) is 3.87. The molecule has 0 radical (unpaired) electrons. The zero-order valence-corrected chi connectivity index (χ0v) is 17.3. The van der Waals surface area contributed by atoms with Gasteiger partial charge in [0.15, 0.2) is 0 Å². The van der Waals surface area contributed by atoms with E-state index in [-0.39, 0.29) is 20.1 Å². The van der Waals surface area contributed by atoms with Gasteiger partial charge in [-0.3, -0.25) is 0 Å². The summed E-state index contributed by atoms with van der Waals surface area (Å²) in [5.74, 6) is 0. The first-order chi connectivity index (χ1) is 12.9. The summed E-state index contributed by atoms with van der Waals surface area (Å²) in [5, 5.41) is 6.23. The SMILES string of the molecule is CCOC(=S)Nc1ccc(S(=O)(=O)c2ccc(NC(=S)OCC)cc2)cc1. The van der Waals surface area contributed by atoms with Crippen LogP contribution in [0.2, 0.25) is 0 Å². The van der Waals surface area contributed by atoms with Gasteiger partial charge in [-0.2, -0.15) is 0 Å². The Bertz CT molecular complexity index is 826. The van der Waals surface area contributed by atoms with Crippen molar-refractivity contribution in [1.82, 2.24) is 0 Å². The van der Waals surface area contributed by atoms with Gasteiger partial charge in [-0.15, -0.1) is 0 Å². The van der Waals surface area contributed by atoms with E-state index < -0.39 is 9.84 Å². The van der Waals surface area contributed by atoms with Crippen LogP contribution in [0.1, 0.15) is 13.8 Å². The summed E-state index contributed by atoms with van der Waals surface area (Å²) < 4.78 is 35.8. The zero-order chi connectivity index (χ0) is 19.9. The fraction of sp³-hybridized carbons (Fsp3) is 0.222. The Morgan fingerprint density at radius 2 is 1.11 bits per heavy atom. The van der Waals surface area contributed by atoms with E-state index >= 15 is 0 Å². The van der Waals surface area contributed by atoms with Gasteiger partial charge in [-0.25, -0.2) is 8.42 Å². The summed E-state index contributed by atoms with van der Waals surface area (Å²) >= 11 is 10.0. The van der Waals surface area contributed by atoms with Gasteiger partial charge in [0.05, 0.1) is 23.0 Å². The molecule has 9 heteroatoms. The molecule has 0 aliphatic rings. The zero-order valence-electron chi connectivity index (χ0n) is 14.9. The highest BCUT2D eigenvalue weighted by Gasteiger charge is 2.17. The average molecular weight is 425 g/mol. The molecule has 2 rings (SSSR count). The molecule has 0 amide bonds. The Morgan fingerprint density at radius 1 is 0.778 bits per heavy atom. The van der Waals surface area contributed by atoms with Crippen molar-refractivity contribution in [1.29, 1.82) is 0 Å². The largest absolute Gasteiger partial charge is 0.471 e. The molecule has 0 aliphatic heterocycles. The molecule has 2 aromatic carbocycles. The third-order valence-corrected chi connectivity index (χ3v) is 5.60. The standard InChI is InChI=1S/C18H20N2O4S3/c1-3-23-17(25)19-13-5-9-15(10-6-13)27(21,22)16-11-7-14(8-12-16)20-18(26)24-4-2/h5-12H,3-4H2,1-2H3,(H,19,25)(H,20,26). The van der Waals surface area contributed by atoms with Gasteiger partial charge in [0.2, 0.25) is 9.84 Å². The molecule has 0 fully saturated rings. The van der Waals surface area contributed by atoms with Gasteiger partial charge < -0.3 is 20.1 Å². The quantitative estimate of drug-likeness (QED) is 0.674. The summed E-state index contributed by atoms with van der Waals surface area (Å²) in [6, 6.07) is 12.6. The second kappa shape index (κ2) is 9.63. The molecule has 6 nitrogen and oxygen atoms in total. The minimum Gasteiger partial charge on any atom is -0.471 e. The fourth-order valence-electron chi connectivity index (χ4n) is 2.14. The summed E-state index contributed by atoms with van der Waals surface area (Å²) in [5.41, 5.74) is 1.30. The number of ether oxygens (including phenoxy) is 2. The number of nitrogens with one attached hydrogen (secondary N) is 2. The molecule has 144 valence electrons. The molecule has 0 unspecified atom stereocenters. The summed E-state index contributed by atoms with van der Waals surface area (Å²) in [4.78, 5) is 0.363. The first-order valence-corrected chi connectivity index (χ1v) is 10.5. The minimum atomic E-state index is -3.63. The van der Waals surface area contributed by atoms with Crippen molar-refractivity contribution in [3.05, 3.63) is 48.5 Å². The van der Waals surface area contributed by atoms with Gasteiger partial charge in [0.25, 0.3) is 10.3 Å². The maximum atomic E-state index is 12.8. The van der Waals surface area contributed by atoms with E-state index in [0.29, 0.717) is 24.6 Å². The van der Waals surface area contributed by atoms with Gasteiger partial charge in [0.1, 0.15) is 0 Å². The summed E-state index contributed by atoms with van der Waals surface area (Å²) in [6.45, 7) is 4.57. The minimum absolute atomic E-state index is 0.181. The van der Waals surface area contributed by atoms with Crippen molar-refractivity contribution < 1.29 is 17.9 Å². The van der Waals surface area contributed by atoms with Crippen LogP contribution in [0, 0.1) is 0 Å². The number of benzene rings is 2. The average Bonchev–Trinajstić information content (AvgIpc) is 2.63. The second-order valence-corrected chi connectivity index (χ2v) is 7.93. The van der Waals surface area contributed by atoms with Crippen molar-refractivity contribution in [3.8, 4) is 0 Å². The van der Waals surface area contributed by atoms with E-state index in [1.807, 2.05) is 13.8 Å². The number of thiocarbonyl (C=S) groups is 2. The Balaban J connectivity index is 2.13. The monoisotopic (exact) mass is 424 g/mol. The van der Waals surface area contributed by atoms with Crippen LogP contribution in [0.4, 0.5) is 11.4 Å². The highest BCUT2D eigenvalue weighted by molar-refractivity contribution is 7.91. The Kier molecular flexibility index (Phi) is 7.52. The second-order valence-electron chi connectivity index (χ2n) is 5.24. The molecule has 27 heavy (non-hydrogen) atoms. The molecule has 0 aliphatic carbocycles. The van der Waals surface area contributed by atoms with Crippen molar-refractivity contribution in [2.24, 2.45) is 0 Å². The van der Waals surface area contributed by atoms with E-state index in [1.54, 1.807) is 24.3 Å². The van der Waals surface area contributed by atoms with E-state index in [4.69, 9.17) is 33.9 Å². The molecule has 0 bridgehead atoms. The normalized spacial score (nSPS) is 10.7. The lowest BCUT2D eigenvalue weighted by Crippen LogP contribution is -2.13.